The van der Waals surface area contributed by atoms with E-state index in [9.17, 15) is 9.59 Å². The number of carbonyl (C=O) groups excluding carboxylic acids is 2. The normalized spacial score (nSPS) is 10.8. The van der Waals surface area contributed by atoms with Gasteiger partial charge in [0.1, 0.15) is 0 Å². The van der Waals surface area contributed by atoms with Gasteiger partial charge in [0.05, 0.1) is 17.1 Å². The van der Waals surface area contributed by atoms with Crippen molar-refractivity contribution in [2.45, 2.75) is 26.7 Å². The predicted octanol–water partition coefficient (Wildman–Crippen LogP) is 3.39. The van der Waals surface area contributed by atoms with Gasteiger partial charge < -0.3 is 15.6 Å². The molecule has 0 bridgehead atoms. The quantitative estimate of drug-likeness (QED) is 0.597. The van der Waals surface area contributed by atoms with Crippen molar-refractivity contribution in [3.8, 4) is 10.6 Å². The van der Waals surface area contributed by atoms with Crippen LogP contribution < -0.4 is 10.6 Å². The van der Waals surface area contributed by atoms with E-state index in [1.807, 2.05) is 13.0 Å². The average Bonchev–Trinajstić information content (AvgIpc) is 3.25. The van der Waals surface area contributed by atoms with Crippen LogP contribution in [0.3, 0.4) is 0 Å². The monoisotopic (exact) mass is 369 g/mol. The van der Waals surface area contributed by atoms with Crippen LogP contribution in [0.5, 0.6) is 0 Å². The molecule has 5 nitrogen and oxygen atoms in total. The number of nitrogens with one attached hydrogen (secondary N) is 3. The first-order valence-corrected chi connectivity index (χ1v) is 9.65. The number of H-pyrrole nitrogens is 1. The SMILES string of the molecule is CCNC(=O)CNC(=O)CCc1c(-c2cccs2)[nH]c2ccc(C)cc12. The minimum Gasteiger partial charge on any atom is -0.355 e. The van der Waals surface area contributed by atoms with Crippen molar-refractivity contribution < 1.29 is 9.59 Å². The highest BCUT2D eigenvalue weighted by atomic mass is 32.1. The van der Waals surface area contributed by atoms with E-state index in [4.69, 9.17) is 0 Å². The summed E-state index contributed by atoms with van der Waals surface area (Å²) < 4.78 is 0. The molecule has 136 valence electrons. The van der Waals surface area contributed by atoms with Crippen molar-refractivity contribution >= 4 is 34.1 Å². The van der Waals surface area contributed by atoms with Gasteiger partial charge in [0, 0.05) is 23.9 Å². The number of thiophene rings is 1. The highest BCUT2D eigenvalue weighted by Gasteiger charge is 2.15. The van der Waals surface area contributed by atoms with Gasteiger partial charge in [-0.3, -0.25) is 9.59 Å². The Kier molecular flexibility index (Phi) is 5.73. The number of benzene rings is 1. The number of amides is 2. The van der Waals surface area contributed by atoms with Crippen LogP contribution in [0.15, 0.2) is 35.7 Å². The van der Waals surface area contributed by atoms with Crippen molar-refractivity contribution in [3.05, 3.63) is 46.8 Å². The Bertz CT molecular complexity index is 913. The molecule has 26 heavy (non-hydrogen) atoms. The van der Waals surface area contributed by atoms with E-state index in [1.54, 1.807) is 11.3 Å². The summed E-state index contributed by atoms with van der Waals surface area (Å²) in [6, 6.07) is 10.4. The molecule has 0 fully saturated rings. The van der Waals surface area contributed by atoms with E-state index in [0.29, 0.717) is 19.4 Å². The molecule has 1 aromatic carbocycles. The Hall–Kier alpha value is -2.60. The molecule has 0 aliphatic carbocycles. The van der Waals surface area contributed by atoms with E-state index < -0.39 is 0 Å². The van der Waals surface area contributed by atoms with Crippen molar-refractivity contribution in [3.63, 3.8) is 0 Å². The number of fused-ring (bicyclic) bond motifs is 1. The Balaban J connectivity index is 1.78. The summed E-state index contributed by atoms with van der Waals surface area (Å²) in [5.41, 5.74) is 4.50. The lowest BCUT2D eigenvalue weighted by Crippen LogP contribution is -2.36. The Morgan fingerprint density at radius 3 is 2.73 bits per heavy atom. The lowest BCUT2D eigenvalue weighted by molar-refractivity contribution is -0.126. The summed E-state index contributed by atoms with van der Waals surface area (Å²) in [6.45, 7) is 4.51. The molecule has 0 aliphatic rings. The molecule has 0 spiro atoms. The third kappa shape index (κ3) is 4.14. The zero-order valence-electron chi connectivity index (χ0n) is 15.0. The smallest absolute Gasteiger partial charge is 0.239 e. The van der Waals surface area contributed by atoms with Crippen LogP contribution in [-0.2, 0) is 16.0 Å². The summed E-state index contributed by atoms with van der Waals surface area (Å²) in [4.78, 5) is 28.3. The van der Waals surface area contributed by atoms with Crippen LogP contribution in [0.4, 0.5) is 0 Å². The number of likely N-dealkylation sites (N-methyl/N-ethyl adjacent to an activating group) is 1. The van der Waals surface area contributed by atoms with Crippen LogP contribution in [0.1, 0.15) is 24.5 Å². The molecule has 2 aromatic heterocycles. The number of rotatable bonds is 7. The van der Waals surface area contributed by atoms with Crippen molar-refractivity contribution in [1.29, 1.82) is 0 Å². The van der Waals surface area contributed by atoms with Crippen molar-refractivity contribution in [2.24, 2.45) is 0 Å². The molecule has 3 rings (SSSR count). The van der Waals surface area contributed by atoms with Gasteiger partial charge in [0.2, 0.25) is 11.8 Å². The molecular formula is C20H23N3O2S. The molecule has 0 atom stereocenters. The van der Waals surface area contributed by atoms with Gasteiger partial charge in [-0.05, 0) is 49.4 Å². The average molecular weight is 369 g/mol. The molecule has 3 aromatic rings. The number of hydrogen-bond donors (Lipinski definition) is 3. The van der Waals surface area contributed by atoms with Crippen LogP contribution >= 0.6 is 11.3 Å². The lowest BCUT2D eigenvalue weighted by atomic mass is 10.0. The van der Waals surface area contributed by atoms with E-state index >= 15 is 0 Å². The zero-order chi connectivity index (χ0) is 18.5. The van der Waals surface area contributed by atoms with Crippen LogP contribution in [0, 0.1) is 6.92 Å². The van der Waals surface area contributed by atoms with E-state index in [0.717, 1.165) is 27.0 Å². The maximum atomic E-state index is 12.1. The fourth-order valence-corrected chi connectivity index (χ4v) is 3.77. The summed E-state index contributed by atoms with van der Waals surface area (Å²) in [6.07, 6.45) is 0.969. The minimum absolute atomic E-state index is 0.0252. The van der Waals surface area contributed by atoms with Crippen LogP contribution in [0.25, 0.3) is 21.5 Å². The standard InChI is InChI=1S/C20H23N3O2S/c1-3-21-19(25)12-22-18(24)9-7-14-15-11-13(2)6-8-16(15)23-20(14)17-5-4-10-26-17/h4-6,8,10-11,23H,3,7,9,12H2,1-2H3,(H,21,25)(H,22,24). The second-order valence-electron chi connectivity index (χ2n) is 6.24. The summed E-state index contributed by atoms with van der Waals surface area (Å²) in [5.74, 6) is -0.279. The van der Waals surface area contributed by atoms with Gasteiger partial charge in [0.25, 0.3) is 0 Å². The van der Waals surface area contributed by atoms with E-state index in [1.165, 1.54) is 5.56 Å². The fraction of sp³-hybridized carbons (Fsp3) is 0.300. The molecule has 2 amide bonds. The molecule has 0 unspecified atom stereocenters. The predicted molar refractivity (Wildman–Crippen MR) is 106 cm³/mol. The van der Waals surface area contributed by atoms with Gasteiger partial charge in [-0.1, -0.05) is 17.7 Å². The first-order valence-electron chi connectivity index (χ1n) is 8.77. The van der Waals surface area contributed by atoms with Gasteiger partial charge in [-0.15, -0.1) is 11.3 Å². The van der Waals surface area contributed by atoms with Crippen molar-refractivity contribution in [2.75, 3.05) is 13.1 Å². The van der Waals surface area contributed by atoms with Gasteiger partial charge in [-0.25, -0.2) is 0 Å². The molecule has 0 saturated carbocycles. The Morgan fingerprint density at radius 2 is 2.00 bits per heavy atom. The van der Waals surface area contributed by atoms with Gasteiger partial charge in [-0.2, -0.15) is 0 Å². The van der Waals surface area contributed by atoms with Crippen molar-refractivity contribution in [1.82, 2.24) is 15.6 Å². The Morgan fingerprint density at radius 1 is 1.15 bits per heavy atom. The van der Waals surface area contributed by atoms with E-state index in [2.05, 4.69) is 52.2 Å². The third-order valence-corrected chi connectivity index (χ3v) is 5.14. The molecule has 3 N–H and O–H groups in total. The highest BCUT2D eigenvalue weighted by molar-refractivity contribution is 7.13. The third-order valence-electron chi connectivity index (χ3n) is 4.25. The number of carbonyl (C=O) groups is 2. The number of aromatic amines is 1. The van der Waals surface area contributed by atoms with Gasteiger partial charge >= 0.3 is 0 Å². The molecular weight excluding hydrogens is 346 g/mol. The summed E-state index contributed by atoms with van der Waals surface area (Å²) in [7, 11) is 0. The first-order chi connectivity index (χ1) is 12.6. The van der Waals surface area contributed by atoms with Gasteiger partial charge in [0.15, 0.2) is 0 Å². The highest BCUT2D eigenvalue weighted by Crippen LogP contribution is 2.34. The first kappa shape index (κ1) is 18.2. The number of aryl methyl sites for hydroxylation is 2. The number of aromatic nitrogens is 1. The fourth-order valence-electron chi connectivity index (χ4n) is 3.02. The molecule has 0 radical (unpaired) electrons. The largest absolute Gasteiger partial charge is 0.355 e. The van der Waals surface area contributed by atoms with Crippen LogP contribution in [-0.4, -0.2) is 29.9 Å². The van der Waals surface area contributed by atoms with E-state index in [-0.39, 0.29) is 18.4 Å². The lowest BCUT2D eigenvalue weighted by Gasteiger charge is -2.06. The molecule has 2 heterocycles. The maximum Gasteiger partial charge on any atom is 0.239 e. The zero-order valence-corrected chi connectivity index (χ0v) is 15.8. The summed E-state index contributed by atoms with van der Waals surface area (Å²) >= 11 is 1.68. The summed E-state index contributed by atoms with van der Waals surface area (Å²) in [5, 5.41) is 8.56. The van der Waals surface area contributed by atoms with Crippen LogP contribution in [0.2, 0.25) is 0 Å². The Labute approximate surface area is 156 Å². The topological polar surface area (TPSA) is 74.0 Å². The number of hydrogen-bond acceptors (Lipinski definition) is 3. The molecule has 0 saturated heterocycles. The molecule has 0 aliphatic heterocycles. The molecule has 6 heteroatoms. The minimum atomic E-state index is -0.164. The second kappa shape index (κ2) is 8.19. The second-order valence-corrected chi connectivity index (χ2v) is 7.18. The maximum absolute atomic E-state index is 12.1.